The second-order valence-corrected chi connectivity index (χ2v) is 5.39. The number of nitrogens with one attached hydrogen (secondary N) is 2. The van der Waals surface area contributed by atoms with Crippen LogP contribution in [0.4, 0.5) is 24.5 Å². The number of alkyl halides is 3. The molecule has 0 saturated heterocycles. The van der Waals surface area contributed by atoms with Crippen LogP contribution in [0.15, 0.2) is 42.5 Å². The fourth-order valence-electron chi connectivity index (χ4n) is 1.72. The number of rotatable bonds is 2. The Balaban J connectivity index is 2.05. The van der Waals surface area contributed by atoms with E-state index in [1.807, 2.05) is 0 Å². The fraction of sp³-hybridized carbons (Fsp3) is 0.0667. The molecule has 0 atom stereocenters. The topological polar surface area (TPSA) is 58.2 Å². The van der Waals surface area contributed by atoms with Gasteiger partial charge in [-0.15, -0.1) is 0 Å². The summed E-state index contributed by atoms with van der Waals surface area (Å²) in [6.07, 6.45) is -4.49. The van der Waals surface area contributed by atoms with Crippen molar-refractivity contribution in [1.29, 1.82) is 0 Å². The normalized spacial score (nSPS) is 11.0. The molecule has 126 valence electrons. The SMILES string of the molecule is O=C(Nc1ccc(C(F)(F)F)cc1)C(=O)Nc1c(Cl)cccc1Cl. The Bertz CT molecular complexity index is 757. The zero-order valence-electron chi connectivity index (χ0n) is 11.7. The predicted octanol–water partition coefficient (Wildman–Crippen LogP) is 4.59. The Labute approximate surface area is 144 Å². The number of hydrogen-bond donors (Lipinski definition) is 2. The molecule has 0 spiro atoms. The van der Waals surface area contributed by atoms with Gasteiger partial charge in [0.2, 0.25) is 0 Å². The van der Waals surface area contributed by atoms with E-state index in [4.69, 9.17) is 23.2 Å². The highest BCUT2D eigenvalue weighted by molar-refractivity contribution is 6.46. The van der Waals surface area contributed by atoms with Gasteiger partial charge in [0.25, 0.3) is 0 Å². The van der Waals surface area contributed by atoms with Gasteiger partial charge in [-0.25, -0.2) is 0 Å². The van der Waals surface area contributed by atoms with Gasteiger partial charge in [-0.1, -0.05) is 29.3 Å². The summed E-state index contributed by atoms with van der Waals surface area (Å²) in [6.45, 7) is 0. The zero-order valence-corrected chi connectivity index (χ0v) is 13.3. The van der Waals surface area contributed by atoms with Crippen molar-refractivity contribution in [3.05, 3.63) is 58.1 Å². The number of hydrogen-bond acceptors (Lipinski definition) is 2. The third-order valence-corrected chi connectivity index (χ3v) is 3.51. The van der Waals surface area contributed by atoms with Gasteiger partial charge in [0.05, 0.1) is 21.3 Å². The van der Waals surface area contributed by atoms with Crippen molar-refractivity contribution in [3.8, 4) is 0 Å². The van der Waals surface area contributed by atoms with Crippen LogP contribution in [0.1, 0.15) is 5.56 Å². The van der Waals surface area contributed by atoms with Crippen LogP contribution < -0.4 is 10.6 Å². The second kappa shape index (κ2) is 7.11. The van der Waals surface area contributed by atoms with E-state index in [0.717, 1.165) is 24.3 Å². The van der Waals surface area contributed by atoms with Crippen molar-refractivity contribution in [2.24, 2.45) is 0 Å². The standard InChI is InChI=1S/C15H9Cl2F3N2O2/c16-10-2-1-3-11(17)12(10)22-14(24)13(23)21-9-6-4-8(5-7-9)15(18,19)20/h1-7H,(H,21,23)(H,22,24). The van der Waals surface area contributed by atoms with Gasteiger partial charge in [-0.05, 0) is 36.4 Å². The van der Waals surface area contributed by atoms with Gasteiger partial charge >= 0.3 is 18.0 Å². The van der Waals surface area contributed by atoms with Crippen LogP contribution in [0.5, 0.6) is 0 Å². The predicted molar refractivity (Wildman–Crippen MR) is 85.2 cm³/mol. The lowest BCUT2D eigenvalue weighted by Gasteiger charge is -2.10. The first-order valence-corrected chi connectivity index (χ1v) is 7.17. The summed E-state index contributed by atoms with van der Waals surface area (Å²) in [5.74, 6) is -2.14. The third kappa shape index (κ3) is 4.39. The summed E-state index contributed by atoms with van der Waals surface area (Å²) < 4.78 is 37.4. The number of para-hydroxylation sites is 1. The van der Waals surface area contributed by atoms with Crippen molar-refractivity contribution in [3.63, 3.8) is 0 Å². The third-order valence-electron chi connectivity index (χ3n) is 2.88. The highest BCUT2D eigenvalue weighted by Gasteiger charge is 2.30. The van der Waals surface area contributed by atoms with Crippen molar-refractivity contribution >= 4 is 46.4 Å². The van der Waals surface area contributed by atoms with Crippen molar-refractivity contribution in [1.82, 2.24) is 0 Å². The van der Waals surface area contributed by atoms with E-state index in [1.165, 1.54) is 12.1 Å². The van der Waals surface area contributed by atoms with Gasteiger partial charge in [-0.2, -0.15) is 13.2 Å². The Kier molecular flexibility index (Phi) is 5.36. The maximum atomic E-state index is 12.5. The molecule has 0 aliphatic heterocycles. The smallest absolute Gasteiger partial charge is 0.318 e. The summed E-state index contributed by atoms with van der Waals surface area (Å²) in [6, 6.07) is 8.15. The number of benzene rings is 2. The maximum Gasteiger partial charge on any atom is 0.416 e. The molecule has 4 nitrogen and oxygen atoms in total. The summed E-state index contributed by atoms with van der Waals surface area (Å²) in [5.41, 5.74) is -0.769. The lowest BCUT2D eigenvalue weighted by Crippen LogP contribution is -2.29. The molecule has 0 bridgehead atoms. The first kappa shape index (κ1) is 18.1. The molecule has 2 amide bonds. The molecule has 0 unspecified atom stereocenters. The molecular formula is C15H9Cl2F3N2O2. The second-order valence-electron chi connectivity index (χ2n) is 4.58. The quantitative estimate of drug-likeness (QED) is 0.753. The van der Waals surface area contributed by atoms with E-state index in [0.29, 0.717) is 0 Å². The van der Waals surface area contributed by atoms with Crippen LogP contribution in [-0.2, 0) is 15.8 Å². The van der Waals surface area contributed by atoms with Crippen molar-refractivity contribution < 1.29 is 22.8 Å². The molecule has 0 radical (unpaired) electrons. The van der Waals surface area contributed by atoms with Crippen LogP contribution in [-0.4, -0.2) is 11.8 Å². The molecule has 0 aromatic heterocycles. The van der Waals surface area contributed by atoms with Gasteiger partial charge in [0, 0.05) is 5.69 Å². The largest absolute Gasteiger partial charge is 0.416 e. The summed E-state index contributed by atoms with van der Waals surface area (Å²) in [5, 5.41) is 4.69. The van der Waals surface area contributed by atoms with Crippen LogP contribution in [0.2, 0.25) is 10.0 Å². The molecule has 0 aliphatic rings. The van der Waals surface area contributed by atoms with Gasteiger partial charge < -0.3 is 10.6 Å². The Morgan fingerprint density at radius 1 is 0.833 bits per heavy atom. The minimum atomic E-state index is -4.49. The first-order valence-electron chi connectivity index (χ1n) is 6.42. The number of anilines is 2. The van der Waals surface area contributed by atoms with Crippen LogP contribution in [0.3, 0.4) is 0 Å². The number of halogens is 5. The lowest BCUT2D eigenvalue weighted by atomic mass is 10.2. The van der Waals surface area contributed by atoms with Gasteiger partial charge in [-0.3, -0.25) is 9.59 Å². The maximum absolute atomic E-state index is 12.5. The summed E-state index contributed by atoms with van der Waals surface area (Å²) >= 11 is 11.7. The van der Waals surface area contributed by atoms with E-state index in [1.54, 1.807) is 6.07 Å². The first-order chi connectivity index (χ1) is 11.2. The zero-order chi connectivity index (χ0) is 17.9. The lowest BCUT2D eigenvalue weighted by molar-refractivity contribution is -0.137. The number of carbonyl (C=O) groups is 2. The molecule has 0 heterocycles. The van der Waals surface area contributed by atoms with Crippen LogP contribution >= 0.6 is 23.2 Å². The molecule has 0 saturated carbocycles. The van der Waals surface area contributed by atoms with Gasteiger partial charge in [0.15, 0.2) is 0 Å². The number of amides is 2. The molecule has 2 rings (SSSR count). The highest BCUT2D eigenvalue weighted by Crippen LogP contribution is 2.30. The van der Waals surface area contributed by atoms with Crippen molar-refractivity contribution in [2.75, 3.05) is 10.6 Å². The molecule has 0 fully saturated rings. The minimum absolute atomic E-state index is 0.0356. The molecule has 2 aromatic rings. The minimum Gasteiger partial charge on any atom is -0.318 e. The number of carbonyl (C=O) groups excluding carboxylic acids is 2. The average molecular weight is 377 g/mol. The van der Waals surface area contributed by atoms with E-state index in [-0.39, 0.29) is 21.4 Å². The van der Waals surface area contributed by atoms with E-state index in [9.17, 15) is 22.8 Å². The van der Waals surface area contributed by atoms with Crippen LogP contribution in [0.25, 0.3) is 0 Å². The molecule has 0 aliphatic carbocycles. The van der Waals surface area contributed by atoms with E-state index >= 15 is 0 Å². The summed E-state index contributed by atoms with van der Waals surface area (Å²) in [4.78, 5) is 23.6. The van der Waals surface area contributed by atoms with Crippen molar-refractivity contribution in [2.45, 2.75) is 6.18 Å². The molecular weight excluding hydrogens is 368 g/mol. The Hall–Kier alpha value is -2.25. The van der Waals surface area contributed by atoms with E-state index in [2.05, 4.69) is 10.6 Å². The van der Waals surface area contributed by atoms with E-state index < -0.39 is 23.6 Å². The highest BCUT2D eigenvalue weighted by atomic mass is 35.5. The van der Waals surface area contributed by atoms with Gasteiger partial charge in [0.1, 0.15) is 0 Å². The average Bonchev–Trinajstić information content (AvgIpc) is 2.50. The Morgan fingerprint density at radius 3 is 1.83 bits per heavy atom. The fourth-order valence-corrected chi connectivity index (χ4v) is 2.21. The molecule has 2 N–H and O–H groups in total. The monoisotopic (exact) mass is 376 g/mol. The molecule has 9 heteroatoms. The molecule has 24 heavy (non-hydrogen) atoms. The van der Waals surface area contributed by atoms with Crippen LogP contribution in [0, 0.1) is 0 Å². The molecule has 2 aromatic carbocycles. The summed E-state index contributed by atoms with van der Waals surface area (Å²) in [7, 11) is 0. The Morgan fingerprint density at radius 2 is 1.33 bits per heavy atom.